The van der Waals surface area contributed by atoms with Crippen LogP contribution in [0.1, 0.15) is 32.6 Å². The first kappa shape index (κ1) is 11.5. The highest BCUT2D eigenvalue weighted by Gasteiger charge is 2.28. The minimum absolute atomic E-state index is 0.411. The summed E-state index contributed by atoms with van der Waals surface area (Å²) >= 11 is 0. The second kappa shape index (κ2) is 4.28. The van der Waals surface area contributed by atoms with Gasteiger partial charge in [0.2, 0.25) is 5.91 Å². The molecular weight excluding hydrogens is 178 g/mol. The molecule has 4 nitrogen and oxygen atoms in total. The molecule has 1 fully saturated rings. The van der Waals surface area contributed by atoms with E-state index in [2.05, 4.69) is 11.9 Å². The van der Waals surface area contributed by atoms with Crippen LogP contribution in [0.5, 0.6) is 0 Å². The molecule has 1 unspecified atom stereocenters. The molecule has 1 amide bonds. The molecule has 1 aliphatic rings. The molecule has 0 radical (unpaired) electrons. The number of rotatable bonds is 6. The molecule has 0 bridgehead atoms. The molecular formula is C10H21N3O. The molecule has 0 aliphatic heterocycles. The normalized spacial score (nSPS) is 20.9. The fraction of sp³-hybridized carbons (Fsp3) is 0.900. The van der Waals surface area contributed by atoms with Crippen LogP contribution in [-0.4, -0.2) is 36.0 Å². The number of carbonyl (C=O) groups is 1. The Hall–Kier alpha value is -0.610. The van der Waals surface area contributed by atoms with E-state index in [4.69, 9.17) is 11.5 Å². The predicted octanol–water partition coefficient (Wildman–Crippen LogP) is 0.0635. The Morgan fingerprint density at radius 2 is 2.14 bits per heavy atom. The van der Waals surface area contributed by atoms with Crippen molar-refractivity contribution in [2.45, 2.75) is 44.2 Å². The third kappa shape index (κ3) is 3.27. The van der Waals surface area contributed by atoms with Crippen molar-refractivity contribution in [2.75, 3.05) is 13.6 Å². The maximum Gasteiger partial charge on any atom is 0.237 e. The fourth-order valence-electron chi connectivity index (χ4n) is 1.52. The van der Waals surface area contributed by atoms with Gasteiger partial charge in [-0.15, -0.1) is 0 Å². The highest BCUT2D eigenvalue weighted by Crippen LogP contribution is 2.25. The van der Waals surface area contributed by atoms with E-state index in [-0.39, 0.29) is 0 Å². The van der Waals surface area contributed by atoms with Crippen LogP contribution in [0.2, 0.25) is 0 Å². The average molecular weight is 199 g/mol. The van der Waals surface area contributed by atoms with E-state index >= 15 is 0 Å². The molecule has 14 heavy (non-hydrogen) atoms. The first-order valence-corrected chi connectivity index (χ1v) is 5.22. The summed E-state index contributed by atoms with van der Waals surface area (Å²) in [6.07, 6.45) is 4.22. The molecule has 0 heterocycles. The van der Waals surface area contributed by atoms with E-state index in [9.17, 15) is 4.79 Å². The Morgan fingerprint density at radius 1 is 1.57 bits per heavy atom. The standard InChI is InChI=1S/C10H21N3O/c1-10(12,9(11)14)6-3-7-13(2)8-4-5-8/h8H,3-7,12H2,1-2H3,(H2,11,14). The number of nitrogens with zero attached hydrogens (tertiary/aromatic N) is 1. The molecule has 1 atom stereocenters. The van der Waals surface area contributed by atoms with Crippen LogP contribution < -0.4 is 11.5 Å². The zero-order valence-electron chi connectivity index (χ0n) is 9.12. The molecule has 0 aromatic carbocycles. The van der Waals surface area contributed by atoms with E-state index < -0.39 is 11.4 Å². The summed E-state index contributed by atoms with van der Waals surface area (Å²) in [5.41, 5.74) is 10.1. The lowest BCUT2D eigenvalue weighted by atomic mass is 9.96. The predicted molar refractivity (Wildman–Crippen MR) is 56.7 cm³/mol. The van der Waals surface area contributed by atoms with Crippen LogP contribution in [0.4, 0.5) is 0 Å². The Labute approximate surface area is 85.6 Å². The minimum Gasteiger partial charge on any atom is -0.368 e. The van der Waals surface area contributed by atoms with E-state index in [1.165, 1.54) is 12.8 Å². The number of nitrogens with two attached hydrogens (primary N) is 2. The molecule has 0 aromatic rings. The van der Waals surface area contributed by atoms with Crippen LogP contribution >= 0.6 is 0 Å². The van der Waals surface area contributed by atoms with Gasteiger partial charge < -0.3 is 16.4 Å². The Balaban J connectivity index is 2.16. The van der Waals surface area contributed by atoms with Crippen molar-refractivity contribution in [1.82, 2.24) is 4.90 Å². The highest BCUT2D eigenvalue weighted by molar-refractivity contribution is 5.83. The number of amides is 1. The van der Waals surface area contributed by atoms with Gasteiger partial charge in [-0.05, 0) is 46.2 Å². The second-order valence-corrected chi connectivity index (χ2v) is 4.60. The van der Waals surface area contributed by atoms with Gasteiger partial charge in [0.15, 0.2) is 0 Å². The Morgan fingerprint density at radius 3 is 2.57 bits per heavy atom. The van der Waals surface area contributed by atoms with Crippen molar-refractivity contribution in [3.8, 4) is 0 Å². The van der Waals surface area contributed by atoms with Gasteiger partial charge in [-0.25, -0.2) is 0 Å². The molecule has 0 spiro atoms. The van der Waals surface area contributed by atoms with E-state index in [1.807, 2.05) is 0 Å². The van der Waals surface area contributed by atoms with Crippen LogP contribution in [0.3, 0.4) is 0 Å². The molecule has 4 N–H and O–H groups in total. The van der Waals surface area contributed by atoms with E-state index in [0.29, 0.717) is 6.42 Å². The molecule has 0 saturated heterocycles. The monoisotopic (exact) mass is 199 g/mol. The summed E-state index contributed by atoms with van der Waals surface area (Å²) in [4.78, 5) is 13.3. The first-order chi connectivity index (χ1) is 6.43. The average Bonchev–Trinajstić information content (AvgIpc) is 2.85. The maximum absolute atomic E-state index is 10.9. The SMILES string of the molecule is CN(CCCC(C)(N)C(N)=O)C1CC1. The smallest absolute Gasteiger partial charge is 0.237 e. The molecule has 82 valence electrons. The van der Waals surface area contributed by atoms with Crippen LogP contribution in [0, 0.1) is 0 Å². The first-order valence-electron chi connectivity index (χ1n) is 5.22. The van der Waals surface area contributed by atoms with Crippen LogP contribution in [-0.2, 0) is 4.79 Å². The van der Waals surface area contributed by atoms with Crippen LogP contribution in [0.25, 0.3) is 0 Å². The van der Waals surface area contributed by atoms with Gasteiger partial charge in [-0.2, -0.15) is 0 Å². The maximum atomic E-state index is 10.9. The number of hydrogen-bond acceptors (Lipinski definition) is 3. The van der Waals surface area contributed by atoms with Gasteiger partial charge in [0.25, 0.3) is 0 Å². The van der Waals surface area contributed by atoms with Crippen molar-refractivity contribution in [3.63, 3.8) is 0 Å². The molecule has 0 aromatic heterocycles. The van der Waals surface area contributed by atoms with Gasteiger partial charge in [0, 0.05) is 6.04 Å². The van der Waals surface area contributed by atoms with Crippen molar-refractivity contribution in [3.05, 3.63) is 0 Å². The van der Waals surface area contributed by atoms with E-state index in [1.54, 1.807) is 6.92 Å². The van der Waals surface area contributed by atoms with Crippen molar-refractivity contribution in [2.24, 2.45) is 11.5 Å². The van der Waals surface area contributed by atoms with Gasteiger partial charge in [0.1, 0.15) is 0 Å². The van der Waals surface area contributed by atoms with Gasteiger partial charge in [-0.1, -0.05) is 0 Å². The number of hydrogen-bond donors (Lipinski definition) is 2. The van der Waals surface area contributed by atoms with Crippen molar-refractivity contribution >= 4 is 5.91 Å². The lowest BCUT2D eigenvalue weighted by Crippen LogP contribution is -2.49. The zero-order valence-corrected chi connectivity index (χ0v) is 9.12. The summed E-state index contributed by atoms with van der Waals surface area (Å²) < 4.78 is 0. The van der Waals surface area contributed by atoms with Crippen molar-refractivity contribution in [1.29, 1.82) is 0 Å². The second-order valence-electron chi connectivity index (χ2n) is 4.60. The summed E-state index contributed by atoms with van der Waals surface area (Å²) in [5, 5.41) is 0. The molecule has 1 aliphatic carbocycles. The molecule has 1 saturated carbocycles. The summed E-state index contributed by atoms with van der Waals surface area (Å²) in [5.74, 6) is -0.411. The largest absolute Gasteiger partial charge is 0.368 e. The zero-order chi connectivity index (χ0) is 10.8. The number of primary amides is 1. The summed E-state index contributed by atoms with van der Waals surface area (Å²) in [6.45, 7) is 2.71. The third-order valence-electron chi connectivity index (χ3n) is 2.94. The van der Waals surface area contributed by atoms with Gasteiger partial charge in [0.05, 0.1) is 5.54 Å². The Kier molecular flexibility index (Phi) is 3.50. The third-order valence-corrected chi connectivity index (χ3v) is 2.94. The lowest BCUT2D eigenvalue weighted by Gasteiger charge is -2.22. The topological polar surface area (TPSA) is 72.3 Å². The fourth-order valence-corrected chi connectivity index (χ4v) is 1.52. The van der Waals surface area contributed by atoms with Crippen molar-refractivity contribution < 1.29 is 4.79 Å². The summed E-state index contributed by atoms with van der Waals surface area (Å²) in [6, 6.07) is 0.771. The minimum atomic E-state index is -0.843. The highest BCUT2D eigenvalue weighted by atomic mass is 16.1. The quantitative estimate of drug-likeness (QED) is 0.635. The number of carbonyl (C=O) groups excluding carboxylic acids is 1. The molecule has 1 rings (SSSR count). The molecule has 4 heteroatoms. The van der Waals surface area contributed by atoms with Gasteiger partial charge >= 0.3 is 0 Å². The van der Waals surface area contributed by atoms with Gasteiger partial charge in [-0.3, -0.25) is 4.79 Å². The lowest BCUT2D eigenvalue weighted by molar-refractivity contribution is -0.122. The van der Waals surface area contributed by atoms with E-state index in [0.717, 1.165) is 19.0 Å². The van der Waals surface area contributed by atoms with Crippen LogP contribution in [0.15, 0.2) is 0 Å². The Bertz CT molecular complexity index is 211. The summed E-state index contributed by atoms with van der Waals surface area (Å²) in [7, 11) is 2.12.